The van der Waals surface area contributed by atoms with Gasteiger partial charge in [-0.2, -0.15) is 0 Å². The maximum absolute atomic E-state index is 6.17. The molecule has 1 aromatic heterocycles. The molecule has 1 aliphatic rings. The van der Waals surface area contributed by atoms with Gasteiger partial charge in [-0.25, -0.2) is 4.98 Å². The number of pyridine rings is 1. The summed E-state index contributed by atoms with van der Waals surface area (Å²) in [6, 6.07) is 9.76. The van der Waals surface area contributed by atoms with Crippen LogP contribution in [0.1, 0.15) is 11.3 Å². The molecule has 0 saturated heterocycles. The van der Waals surface area contributed by atoms with Gasteiger partial charge in [0, 0.05) is 23.2 Å². The smallest absolute Gasteiger partial charge is 0.158 e. The first kappa shape index (κ1) is 10.3. The lowest BCUT2D eigenvalue weighted by Gasteiger charge is -2.09. The van der Waals surface area contributed by atoms with E-state index in [0.29, 0.717) is 16.5 Å². The second-order valence-electron chi connectivity index (χ2n) is 3.91. The first-order valence-corrected chi connectivity index (χ1v) is 5.69. The molecule has 3 rings (SSSR count). The van der Waals surface area contributed by atoms with Crippen molar-refractivity contribution in [3.05, 3.63) is 46.6 Å². The number of rotatable bonds is 0. The summed E-state index contributed by atoms with van der Waals surface area (Å²) in [7, 11) is 0. The molecule has 4 heteroatoms. The van der Waals surface area contributed by atoms with Crippen molar-refractivity contribution in [3.63, 3.8) is 0 Å². The SMILES string of the molecule is Cc1cc(Cl)c2c(n1)Nc1ccccc1C=N2. The maximum atomic E-state index is 6.17. The van der Waals surface area contributed by atoms with E-state index in [2.05, 4.69) is 15.3 Å². The lowest BCUT2D eigenvalue weighted by atomic mass is 10.2. The summed E-state index contributed by atoms with van der Waals surface area (Å²) >= 11 is 6.17. The fraction of sp³-hybridized carbons (Fsp3) is 0.0769. The summed E-state index contributed by atoms with van der Waals surface area (Å²) in [5.74, 6) is 0.705. The van der Waals surface area contributed by atoms with Crippen LogP contribution in [0, 0.1) is 6.92 Å². The van der Waals surface area contributed by atoms with E-state index in [1.807, 2.05) is 37.3 Å². The van der Waals surface area contributed by atoms with Crippen LogP contribution in [0.25, 0.3) is 0 Å². The van der Waals surface area contributed by atoms with Crippen molar-refractivity contribution in [2.24, 2.45) is 4.99 Å². The van der Waals surface area contributed by atoms with Gasteiger partial charge in [0.05, 0.1) is 5.02 Å². The third-order valence-corrected chi connectivity index (χ3v) is 2.91. The molecular weight excluding hydrogens is 234 g/mol. The molecule has 0 radical (unpaired) electrons. The minimum absolute atomic E-state index is 0.615. The summed E-state index contributed by atoms with van der Waals surface area (Å²) in [6.45, 7) is 1.91. The predicted octanol–water partition coefficient (Wildman–Crippen LogP) is 3.85. The van der Waals surface area contributed by atoms with E-state index in [1.54, 1.807) is 6.21 Å². The summed E-state index contributed by atoms with van der Waals surface area (Å²) in [6.07, 6.45) is 1.80. The average molecular weight is 244 g/mol. The summed E-state index contributed by atoms with van der Waals surface area (Å²) in [5.41, 5.74) is 3.58. The number of hydrogen-bond acceptors (Lipinski definition) is 3. The molecule has 0 spiro atoms. The number of nitrogens with one attached hydrogen (secondary N) is 1. The minimum Gasteiger partial charge on any atom is -0.338 e. The lowest BCUT2D eigenvalue weighted by molar-refractivity contribution is 1.19. The number of aryl methyl sites for hydroxylation is 1. The highest BCUT2D eigenvalue weighted by Crippen LogP contribution is 2.36. The van der Waals surface area contributed by atoms with E-state index >= 15 is 0 Å². The molecule has 0 unspecified atom stereocenters. The Kier molecular flexibility index (Phi) is 2.34. The third kappa shape index (κ3) is 1.78. The highest BCUT2D eigenvalue weighted by atomic mass is 35.5. The highest BCUT2D eigenvalue weighted by Gasteiger charge is 2.13. The minimum atomic E-state index is 0.615. The Morgan fingerprint density at radius 1 is 1.24 bits per heavy atom. The van der Waals surface area contributed by atoms with Crippen molar-refractivity contribution in [2.75, 3.05) is 5.32 Å². The fourth-order valence-corrected chi connectivity index (χ4v) is 2.12. The van der Waals surface area contributed by atoms with Crippen molar-refractivity contribution in [2.45, 2.75) is 6.92 Å². The van der Waals surface area contributed by atoms with Crippen molar-refractivity contribution < 1.29 is 0 Å². The number of fused-ring (bicyclic) bond motifs is 2. The van der Waals surface area contributed by atoms with Gasteiger partial charge in [-0.05, 0) is 19.1 Å². The van der Waals surface area contributed by atoms with Crippen LogP contribution in [0.5, 0.6) is 0 Å². The molecule has 2 aromatic rings. The Morgan fingerprint density at radius 2 is 2.06 bits per heavy atom. The van der Waals surface area contributed by atoms with E-state index in [4.69, 9.17) is 11.6 Å². The molecule has 0 aliphatic carbocycles. The van der Waals surface area contributed by atoms with E-state index in [1.165, 1.54) is 0 Å². The normalized spacial score (nSPS) is 12.4. The number of hydrogen-bond donors (Lipinski definition) is 1. The molecule has 0 fully saturated rings. The van der Waals surface area contributed by atoms with Crippen LogP contribution < -0.4 is 5.32 Å². The number of benzene rings is 1. The Hall–Kier alpha value is -1.87. The Balaban J connectivity index is 2.22. The quantitative estimate of drug-likeness (QED) is 0.651. The maximum Gasteiger partial charge on any atom is 0.158 e. The molecule has 0 saturated carbocycles. The van der Waals surface area contributed by atoms with E-state index < -0.39 is 0 Å². The van der Waals surface area contributed by atoms with Crippen LogP contribution >= 0.6 is 11.6 Å². The first-order valence-electron chi connectivity index (χ1n) is 5.31. The number of para-hydroxylation sites is 1. The average Bonchev–Trinajstić information content (AvgIpc) is 2.47. The van der Waals surface area contributed by atoms with Gasteiger partial charge in [-0.15, -0.1) is 0 Å². The van der Waals surface area contributed by atoms with Crippen molar-refractivity contribution in [3.8, 4) is 0 Å². The van der Waals surface area contributed by atoms with Gasteiger partial charge in [-0.1, -0.05) is 29.8 Å². The van der Waals surface area contributed by atoms with Crippen LogP contribution in [0.4, 0.5) is 17.2 Å². The standard InChI is InChI=1S/C13H10ClN3/c1-8-6-10(14)12-13(16-8)17-11-5-3-2-4-9(11)7-15-12/h2-7H,1H3,(H,16,17). The molecule has 17 heavy (non-hydrogen) atoms. The second kappa shape index (κ2) is 3.86. The highest BCUT2D eigenvalue weighted by molar-refractivity contribution is 6.33. The van der Waals surface area contributed by atoms with Crippen molar-refractivity contribution in [1.29, 1.82) is 0 Å². The molecule has 3 nitrogen and oxygen atoms in total. The van der Waals surface area contributed by atoms with Gasteiger partial charge in [0.25, 0.3) is 0 Å². The Labute approximate surface area is 104 Å². The van der Waals surface area contributed by atoms with E-state index in [-0.39, 0.29) is 0 Å². The van der Waals surface area contributed by atoms with Gasteiger partial charge in [-0.3, -0.25) is 4.99 Å². The van der Waals surface area contributed by atoms with Crippen LogP contribution in [0.15, 0.2) is 35.3 Å². The second-order valence-corrected chi connectivity index (χ2v) is 4.32. The Morgan fingerprint density at radius 3 is 2.94 bits per heavy atom. The molecular formula is C13H10ClN3. The van der Waals surface area contributed by atoms with Crippen molar-refractivity contribution >= 4 is 35.0 Å². The molecule has 2 heterocycles. The largest absolute Gasteiger partial charge is 0.338 e. The van der Waals surface area contributed by atoms with Crippen molar-refractivity contribution in [1.82, 2.24) is 4.98 Å². The van der Waals surface area contributed by atoms with Crippen LogP contribution in [0.2, 0.25) is 5.02 Å². The van der Waals surface area contributed by atoms with E-state index in [0.717, 1.165) is 16.9 Å². The molecule has 0 bridgehead atoms. The number of anilines is 2. The fourth-order valence-electron chi connectivity index (χ4n) is 1.82. The van der Waals surface area contributed by atoms with Crippen LogP contribution in [-0.2, 0) is 0 Å². The predicted molar refractivity (Wildman–Crippen MR) is 71.0 cm³/mol. The number of nitrogens with zero attached hydrogens (tertiary/aromatic N) is 2. The molecule has 1 N–H and O–H groups in total. The first-order chi connectivity index (χ1) is 8.24. The third-order valence-electron chi connectivity index (χ3n) is 2.62. The van der Waals surface area contributed by atoms with Crippen LogP contribution in [-0.4, -0.2) is 11.2 Å². The number of aromatic nitrogens is 1. The van der Waals surface area contributed by atoms with Gasteiger partial charge < -0.3 is 5.32 Å². The topological polar surface area (TPSA) is 37.3 Å². The zero-order chi connectivity index (χ0) is 11.8. The monoisotopic (exact) mass is 243 g/mol. The molecule has 0 atom stereocenters. The van der Waals surface area contributed by atoms with Gasteiger partial charge >= 0.3 is 0 Å². The molecule has 1 aromatic carbocycles. The molecule has 84 valence electrons. The summed E-state index contributed by atoms with van der Waals surface area (Å²) < 4.78 is 0. The lowest BCUT2D eigenvalue weighted by Crippen LogP contribution is -1.96. The Bertz CT molecular complexity index is 620. The molecule has 0 amide bonds. The van der Waals surface area contributed by atoms with Gasteiger partial charge in [0.1, 0.15) is 5.69 Å². The number of aliphatic imine (C=N–C) groups is 1. The molecule has 1 aliphatic heterocycles. The van der Waals surface area contributed by atoms with Gasteiger partial charge in [0.15, 0.2) is 5.82 Å². The summed E-state index contributed by atoms with van der Waals surface area (Å²) in [5, 5.41) is 3.88. The zero-order valence-electron chi connectivity index (χ0n) is 9.24. The number of halogens is 1. The zero-order valence-corrected chi connectivity index (χ0v) is 9.99. The summed E-state index contributed by atoms with van der Waals surface area (Å²) in [4.78, 5) is 8.81. The van der Waals surface area contributed by atoms with E-state index in [9.17, 15) is 0 Å². The van der Waals surface area contributed by atoms with Crippen LogP contribution in [0.3, 0.4) is 0 Å². The van der Waals surface area contributed by atoms with Gasteiger partial charge in [0.2, 0.25) is 0 Å².